The van der Waals surface area contributed by atoms with Gasteiger partial charge >= 0.3 is 6.18 Å². The third-order valence-electron chi connectivity index (χ3n) is 6.44. The number of carbonyl (C=O) groups excluding carboxylic acids is 1. The number of rotatable bonds is 5. The second-order valence-corrected chi connectivity index (χ2v) is 11.5. The van der Waals surface area contributed by atoms with Gasteiger partial charge in [0.2, 0.25) is 5.95 Å². The number of fused-ring (bicyclic) bond motifs is 1. The summed E-state index contributed by atoms with van der Waals surface area (Å²) in [5.74, 6) is 0.584. The molecule has 39 heavy (non-hydrogen) atoms. The third kappa shape index (κ3) is 6.67. The van der Waals surface area contributed by atoms with Crippen molar-refractivity contribution in [1.82, 2.24) is 20.2 Å². The largest absolute Gasteiger partial charge is 0.420 e. The Morgan fingerprint density at radius 2 is 1.82 bits per heavy atom. The number of thioether (sulfide) groups is 1. The van der Waals surface area contributed by atoms with E-state index in [1.54, 1.807) is 18.0 Å². The van der Waals surface area contributed by atoms with E-state index in [4.69, 9.17) is 0 Å². The van der Waals surface area contributed by atoms with Crippen molar-refractivity contribution in [2.24, 2.45) is 0 Å². The number of anilines is 3. The maximum Gasteiger partial charge on any atom is 0.420 e. The topological polar surface area (TPSA) is 73.4 Å². The summed E-state index contributed by atoms with van der Waals surface area (Å²) < 4.78 is 41.7. The Hall–Kier alpha value is -2.83. The summed E-state index contributed by atoms with van der Waals surface area (Å²) in [6.07, 6.45) is -0.704. The second kappa shape index (κ2) is 12.6. The highest BCUT2D eigenvalue weighted by Gasteiger charge is 2.37. The summed E-state index contributed by atoms with van der Waals surface area (Å²) in [6, 6.07) is 7.72. The van der Waals surface area contributed by atoms with Crippen LogP contribution in [0.1, 0.15) is 40.6 Å². The van der Waals surface area contributed by atoms with E-state index < -0.39 is 11.7 Å². The first-order valence-electron chi connectivity index (χ1n) is 12.9. The SMILES string of the molecule is CCc1cc(N2CCCC2)ccc1Nc1ncc(C(F)(F)F)c(-c2cc3c(s2)C(=O)N(C)CCS3)n1.CNC. The average molecular weight is 579 g/mol. The van der Waals surface area contributed by atoms with Crippen LogP contribution in [0.4, 0.5) is 30.5 Å². The molecule has 5 rings (SSSR count). The van der Waals surface area contributed by atoms with Crippen LogP contribution < -0.4 is 15.5 Å². The Morgan fingerprint density at radius 3 is 2.49 bits per heavy atom. The van der Waals surface area contributed by atoms with Gasteiger partial charge in [0, 0.05) is 54.9 Å². The zero-order chi connectivity index (χ0) is 28.2. The second-order valence-electron chi connectivity index (χ2n) is 9.35. The molecule has 2 aromatic heterocycles. The standard InChI is InChI=1S/C25H26F3N5OS2.C2H7N/c1-3-15-12-16(33-8-4-5-9-33)6-7-18(15)30-24-29-14-17(25(26,27)28)21(31-24)19-13-20-22(36-19)23(34)32(2)10-11-35-20;1-3-2/h6-7,12-14H,3-5,8-11H2,1-2H3,(H,29,30,31);3H,1-2H3. The molecule has 2 aliphatic heterocycles. The van der Waals surface area contributed by atoms with Gasteiger partial charge in [-0.15, -0.1) is 23.1 Å². The molecule has 0 bridgehead atoms. The fraction of sp³-hybridized carbons (Fsp3) is 0.444. The molecule has 1 aromatic carbocycles. The number of halogens is 3. The zero-order valence-electron chi connectivity index (χ0n) is 22.5. The van der Waals surface area contributed by atoms with E-state index >= 15 is 0 Å². The molecule has 7 nitrogen and oxygen atoms in total. The third-order valence-corrected chi connectivity index (χ3v) is 8.72. The Morgan fingerprint density at radius 1 is 1.10 bits per heavy atom. The predicted octanol–water partition coefficient (Wildman–Crippen LogP) is 6.14. The molecule has 0 radical (unpaired) electrons. The molecule has 0 spiro atoms. The number of carbonyl (C=O) groups is 1. The predicted molar refractivity (Wildman–Crippen MR) is 154 cm³/mol. The Bertz CT molecular complexity index is 1310. The van der Waals surface area contributed by atoms with Crippen molar-refractivity contribution in [3.8, 4) is 10.6 Å². The number of alkyl halides is 3. The van der Waals surface area contributed by atoms with Crippen LogP contribution in [0.25, 0.3) is 10.6 Å². The first-order valence-corrected chi connectivity index (χ1v) is 14.7. The van der Waals surface area contributed by atoms with E-state index in [-0.39, 0.29) is 17.5 Å². The minimum Gasteiger partial charge on any atom is -0.372 e. The molecule has 1 saturated heterocycles. The van der Waals surface area contributed by atoms with Crippen molar-refractivity contribution in [1.29, 1.82) is 0 Å². The molecule has 0 unspecified atom stereocenters. The molecule has 1 fully saturated rings. The van der Waals surface area contributed by atoms with Crippen molar-refractivity contribution < 1.29 is 18.0 Å². The highest BCUT2D eigenvalue weighted by atomic mass is 32.2. The number of hydrogen-bond acceptors (Lipinski definition) is 8. The lowest BCUT2D eigenvalue weighted by molar-refractivity contribution is -0.137. The Kier molecular flexibility index (Phi) is 9.39. The first-order chi connectivity index (χ1) is 18.7. The van der Waals surface area contributed by atoms with Gasteiger partial charge < -0.3 is 20.4 Å². The Balaban J connectivity index is 0.00000112. The lowest BCUT2D eigenvalue weighted by atomic mass is 10.1. The minimum absolute atomic E-state index is 0.0846. The van der Waals surface area contributed by atoms with Gasteiger partial charge in [0.05, 0.1) is 10.6 Å². The van der Waals surface area contributed by atoms with Crippen molar-refractivity contribution in [2.45, 2.75) is 37.3 Å². The molecule has 2 N–H and O–H groups in total. The van der Waals surface area contributed by atoms with E-state index in [9.17, 15) is 18.0 Å². The number of amides is 1. The van der Waals surface area contributed by atoms with Gasteiger partial charge in [-0.1, -0.05) is 6.92 Å². The molecule has 2 aliphatic rings. The number of benzene rings is 1. The van der Waals surface area contributed by atoms with Gasteiger partial charge in [0.1, 0.15) is 10.4 Å². The quantitative estimate of drug-likeness (QED) is 0.377. The molecule has 4 heterocycles. The summed E-state index contributed by atoms with van der Waals surface area (Å²) in [6.45, 7) is 4.69. The van der Waals surface area contributed by atoms with Gasteiger partial charge in [-0.3, -0.25) is 4.79 Å². The zero-order valence-corrected chi connectivity index (χ0v) is 24.1. The van der Waals surface area contributed by atoms with Crippen LogP contribution in [0, 0.1) is 0 Å². The summed E-state index contributed by atoms with van der Waals surface area (Å²) in [5, 5.41) is 5.88. The van der Waals surface area contributed by atoms with Crippen LogP contribution >= 0.6 is 23.1 Å². The van der Waals surface area contributed by atoms with Crippen LogP contribution in [0.3, 0.4) is 0 Å². The molecular formula is C27H33F3N6OS2. The van der Waals surface area contributed by atoms with Crippen molar-refractivity contribution in [2.75, 3.05) is 56.7 Å². The number of aryl methyl sites for hydroxylation is 1. The maximum atomic E-state index is 13.9. The van der Waals surface area contributed by atoms with Crippen molar-refractivity contribution >= 4 is 46.3 Å². The van der Waals surface area contributed by atoms with Crippen molar-refractivity contribution in [3.63, 3.8) is 0 Å². The van der Waals surface area contributed by atoms with Gasteiger partial charge in [-0.2, -0.15) is 13.2 Å². The van der Waals surface area contributed by atoms with Crippen LogP contribution in [-0.2, 0) is 12.6 Å². The van der Waals surface area contributed by atoms with E-state index in [1.807, 2.05) is 33.2 Å². The van der Waals surface area contributed by atoms with E-state index in [1.165, 1.54) is 24.6 Å². The van der Waals surface area contributed by atoms with Crippen molar-refractivity contribution in [3.05, 3.63) is 46.5 Å². The summed E-state index contributed by atoms with van der Waals surface area (Å²) in [7, 11) is 5.45. The highest BCUT2D eigenvalue weighted by molar-refractivity contribution is 7.99. The first kappa shape index (κ1) is 29.2. The molecule has 210 valence electrons. The average Bonchev–Trinajstić information content (AvgIpc) is 3.57. The fourth-order valence-electron chi connectivity index (χ4n) is 4.44. The summed E-state index contributed by atoms with van der Waals surface area (Å²) in [5.41, 5.74) is 1.81. The number of nitrogens with one attached hydrogen (secondary N) is 2. The molecule has 3 aromatic rings. The highest BCUT2D eigenvalue weighted by Crippen LogP contribution is 2.43. The van der Waals surface area contributed by atoms with Gasteiger partial charge in [-0.25, -0.2) is 9.97 Å². The number of hydrogen-bond donors (Lipinski definition) is 2. The normalized spacial score (nSPS) is 15.5. The number of nitrogens with zero attached hydrogens (tertiary/aromatic N) is 4. The fourth-order valence-corrected chi connectivity index (χ4v) is 6.87. The lowest BCUT2D eigenvalue weighted by Gasteiger charge is -2.20. The molecule has 12 heteroatoms. The molecule has 0 atom stereocenters. The monoisotopic (exact) mass is 578 g/mol. The smallest absolute Gasteiger partial charge is 0.372 e. The Labute approximate surface area is 235 Å². The van der Waals surface area contributed by atoms with Crippen LogP contribution in [-0.4, -0.2) is 67.3 Å². The molecular weight excluding hydrogens is 545 g/mol. The van der Waals surface area contributed by atoms with E-state index in [0.29, 0.717) is 26.9 Å². The number of aromatic nitrogens is 2. The molecule has 0 saturated carbocycles. The summed E-state index contributed by atoms with van der Waals surface area (Å²) >= 11 is 2.52. The lowest BCUT2D eigenvalue weighted by Crippen LogP contribution is -2.26. The molecule has 0 aliphatic carbocycles. The van der Waals surface area contributed by atoms with Gasteiger partial charge in [0.15, 0.2) is 0 Å². The molecule has 1 amide bonds. The maximum absolute atomic E-state index is 13.9. The summed E-state index contributed by atoms with van der Waals surface area (Å²) in [4.78, 5) is 26.4. The van der Waals surface area contributed by atoms with Crippen LogP contribution in [0.2, 0.25) is 0 Å². The number of thiophene rings is 1. The van der Waals surface area contributed by atoms with E-state index in [0.717, 1.165) is 54.0 Å². The van der Waals surface area contributed by atoms with E-state index in [2.05, 4.69) is 31.6 Å². The minimum atomic E-state index is -4.63. The van der Waals surface area contributed by atoms with Gasteiger partial charge in [-0.05, 0) is 63.2 Å². The van der Waals surface area contributed by atoms with Crippen LogP contribution in [0.15, 0.2) is 35.4 Å². The van der Waals surface area contributed by atoms with Gasteiger partial charge in [0.25, 0.3) is 5.91 Å². The van der Waals surface area contributed by atoms with Crippen LogP contribution in [0.5, 0.6) is 0 Å².